The minimum absolute atomic E-state index is 0.0183. The summed E-state index contributed by atoms with van der Waals surface area (Å²) in [6.45, 7) is -0.401. The lowest BCUT2D eigenvalue weighted by atomic mass is 10.0. The standard InChI is InChI=1S/C21H21F2N5O2S/c1-13(19(29)27-12-4-6-14-5-2-3-7-17(14)27)31-21-26-25-18(28(21)24)15-8-10-16(11-9-15)30-20(22)23/h2-3,5,7-11,13,20H,4,6,12,24H2,1H3/t13-/m0/s1. The van der Waals surface area contributed by atoms with Crippen LogP contribution < -0.4 is 15.5 Å². The number of hydrogen-bond acceptors (Lipinski definition) is 6. The number of carbonyl (C=O) groups excluding carboxylic acids is 1. The molecule has 1 atom stereocenters. The zero-order chi connectivity index (χ0) is 22.0. The number of carbonyl (C=O) groups is 1. The van der Waals surface area contributed by atoms with Gasteiger partial charge < -0.3 is 15.5 Å². The molecule has 1 aliphatic heterocycles. The van der Waals surface area contributed by atoms with Crippen molar-refractivity contribution in [3.63, 3.8) is 0 Å². The van der Waals surface area contributed by atoms with Crippen LogP contribution in [-0.2, 0) is 11.2 Å². The molecule has 1 amide bonds. The Balaban J connectivity index is 1.48. The number of nitrogen functional groups attached to an aromatic ring is 1. The molecule has 0 spiro atoms. The normalized spacial score (nSPS) is 14.4. The Labute approximate surface area is 182 Å². The Bertz CT molecular complexity index is 1070. The number of benzene rings is 2. The van der Waals surface area contributed by atoms with Gasteiger partial charge in [0.15, 0.2) is 5.82 Å². The van der Waals surface area contributed by atoms with Crippen LogP contribution in [0.4, 0.5) is 14.5 Å². The predicted octanol–water partition coefficient (Wildman–Crippen LogP) is 3.72. The van der Waals surface area contributed by atoms with E-state index in [0.717, 1.165) is 18.5 Å². The van der Waals surface area contributed by atoms with E-state index in [1.54, 1.807) is 12.1 Å². The van der Waals surface area contributed by atoms with Crippen LogP contribution in [0.3, 0.4) is 0 Å². The molecule has 7 nitrogen and oxygen atoms in total. The number of aryl methyl sites for hydroxylation is 1. The van der Waals surface area contributed by atoms with Crippen LogP contribution in [0.2, 0.25) is 0 Å². The van der Waals surface area contributed by atoms with Crippen molar-refractivity contribution in [3.05, 3.63) is 54.1 Å². The fourth-order valence-corrected chi connectivity index (χ4v) is 4.36. The summed E-state index contributed by atoms with van der Waals surface area (Å²) in [5, 5.41) is 8.15. The zero-order valence-corrected chi connectivity index (χ0v) is 17.6. The summed E-state index contributed by atoms with van der Waals surface area (Å²) in [6, 6.07) is 13.9. The van der Waals surface area contributed by atoms with Crippen molar-refractivity contribution in [1.82, 2.24) is 14.9 Å². The first-order valence-corrected chi connectivity index (χ1v) is 10.6. The second kappa shape index (κ2) is 8.93. The van der Waals surface area contributed by atoms with Crippen LogP contribution in [0.1, 0.15) is 18.9 Å². The fraction of sp³-hybridized carbons (Fsp3) is 0.286. The molecular weight excluding hydrogens is 424 g/mol. The van der Waals surface area contributed by atoms with E-state index in [-0.39, 0.29) is 11.7 Å². The molecular formula is C21H21F2N5O2S. The van der Waals surface area contributed by atoms with Crippen molar-refractivity contribution in [3.8, 4) is 17.1 Å². The summed E-state index contributed by atoms with van der Waals surface area (Å²) in [4.78, 5) is 14.9. The first kappa shape index (κ1) is 21.1. The van der Waals surface area contributed by atoms with Gasteiger partial charge >= 0.3 is 6.61 Å². The van der Waals surface area contributed by atoms with Crippen LogP contribution in [0, 0.1) is 0 Å². The largest absolute Gasteiger partial charge is 0.435 e. The lowest BCUT2D eigenvalue weighted by Crippen LogP contribution is -2.40. The average Bonchev–Trinajstić information content (AvgIpc) is 3.13. The van der Waals surface area contributed by atoms with Gasteiger partial charge in [0.25, 0.3) is 0 Å². The summed E-state index contributed by atoms with van der Waals surface area (Å²) in [5.74, 6) is 6.53. The minimum Gasteiger partial charge on any atom is -0.435 e. The Morgan fingerprint density at radius 2 is 1.90 bits per heavy atom. The summed E-state index contributed by atoms with van der Waals surface area (Å²) in [5.41, 5.74) is 2.71. The molecule has 3 aromatic rings. The van der Waals surface area contributed by atoms with Crippen LogP contribution >= 0.6 is 11.8 Å². The quantitative estimate of drug-likeness (QED) is 0.460. The van der Waals surface area contributed by atoms with Crippen molar-refractivity contribution in [1.29, 1.82) is 0 Å². The molecule has 0 saturated heterocycles. The molecule has 0 radical (unpaired) electrons. The third-order valence-corrected chi connectivity index (χ3v) is 6.05. The van der Waals surface area contributed by atoms with Gasteiger partial charge in [-0.1, -0.05) is 30.0 Å². The van der Waals surface area contributed by atoms with Gasteiger partial charge in [0.1, 0.15) is 5.75 Å². The third-order valence-electron chi connectivity index (χ3n) is 5.01. The lowest BCUT2D eigenvalue weighted by Gasteiger charge is -2.31. The van der Waals surface area contributed by atoms with Gasteiger partial charge in [-0.15, -0.1) is 10.2 Å². The van der Waals surface area contributed by atoms with Gasteiger partial charge in [0, 0.05) is 17.8 Å². The molecule has 0 aliphatic carbocycles. The smallest absolute Gasteiger partial charge is 0.387 e. The van der Waals surface area contributed by atoms with Gasteiger partial charge in [0.2, 0.25) is 11.1 Å². The van der Waals surface area contributed by atoms with E-state index in [1.807, 2.05) is 36.1 Å². The van der Waals surface area contributed by atoms with E-state index in [1.165, 1.54) is 34.1 Å². The first-order chi connectivity index (χ1) is 14.9. The molecule has 2 N–H and O–H groups in total. The molecule has 162 valence electrons. The number of nitrogens with zero attached hydrogens (tertiary/aromatic N) is 4. The molecule has 0 unspecified atom stereocenters. The number of nitrogens with two attached hydrogens (primary N) is 1. The van der Waals surface area contributed by atoms with E-state index < -0.39 is 11.9 Å². The Morgan fingerprint density at radius 1 is 1.16 bits per heavy atom. The number of aromatic nitrogens is 3. The van der Waals surface area contributed by atoms with Gasteiger partial charge in [0.05, 0.1) is 5.25 Å². The molecule has 2 heterocycles. The minimum atomic E-state index is -2.89. The number of halogens is 2. The van der Waals surface area contributed by atoms with Crippen LogP contribution in [-0.4, -0.2) is 39.2 Å². The number of fused-ring (bicyclic) bond motifs is 1. The van der Waals surface area contributed by atoms with E-state index >= 15 is 0 Å². The summed E-state index contributed by atoms with van der Waals surface area (Å²) in [7, 11) is 0. The highest BCUT2D eigenvalue weighted by molar-refractivity contribution is 8.00. The molecule has 31 heavy (non-hydrogen) atoms. The molecule has 4 rings (SSSR count). The monoisotopic (exact) mass is 445 g/mol. The highest BCUT2D eigenvalue weighted by Gasteiger charge is 2.28. The van der Waals surface area contributed by atoms with Gasteiger partial charge in [-0.05, 0) is 55.7 Å². The van der Waals surface area contributed by atoms with Crippen molar-refractivity contribution >= 4 is 23.4 Å². The molecule has 0 saturated carbocycles. The molecule has 1 aliphatic rings. The van der Waals surface area contributed by atoms with Crippen LogP contribution in [0.25, 0.3) is 11.4 Å². The first-order valence-electron chi connectivity index (χ1n) is 9.75. The maximum absolute atomic E-state index is 13.1. The van der Waals surface area contributed by atoms with E-state index in [0.29, 0.717) is 23.1 Å². The Morgan fingerprint density at radius 3 is 2.65 bits per heavy atom. The molecule has 0 bridgehead atoms. The number of anilines is 1. The van der Waals surface area contributed by atoms with Crippen molar-refractivity contribution in [2.75, 3.05) is 17.3 Å². The van der Waals surface area contributed by atoms with E-state index in [4.69, 9.17) is 5.84 Å². The molecule has 10 heteroatoms. The number of alkyl halides is 2. The maximum atomic E-state index is 13.1. The van der Waals surface area contributed by atoms with Gasteiger partial charge in [-0.2, -0.15) is 8.78 Å². The second-order valence-electron chi connectivity index (χ2n) is 7.06. The number of thioether (sulfide) groups is 1. The fourth-order valence-electron chi connectivity index (χ4n) is 3.53. The highest BCUT2D eigenvalue weighted by atomic mass is 32.2. The number of ether oxygens (including phenoxy) is 1. The number of rotatable bonds is 6. The lowest BCUT2D eigenvalue weighted by molar-refractivity contribution is -0.117. The van der Waals surface area contributed by atoms with Gasteiger partial charge in [-0.3, -0.25) is 4.79 Å². The SMILES string of the molecule is C[C@H](Sc1nnc(-c2ccc(OC(F)F)cc2)n1N)C(=O)N1CCCc2ccccc21. The summed E-state index contributed by atoms with van der Waals surface area (Å²) in [6.07, 6.45) is 1.88. The van der Waals surface area contributed by atoms with E-state index in [2.05, 4.69) is 14.9 Å². The zero-order valence-electron chi connectivity index (χ0n) is 16.7. The van der Waals surface area contributed by atoms with E-state index in [9.17, 15) is 13.6 Å². The Kier molecular flexibility index (Phi) is 6.08. The number of amides is 1. The second-order valence-corrected chi connectivity index (χ2v) is 8.37. The van der Waals surface area contributed by atoms with Crippen molar-refractivity contribution < 1.29 is 18.3 Å². The van der Waals surface area contributed by atoms with Gasteiger partial charge in [-0.25, -0.2) is 4.68 Å². The average molecular weight is 445 g/mol. The topological polar surface area (TPSA) is 86.3 Å². The highest BCUT2D eigenvalue weighted by Crippen LogP contribution is 2.31. The Hall–Kier alpha value is -3.14. The molecule has 2 aromatic carbocycles. The third kappa shape index (κ3) is 4.48. The predicted molar refractivity (Wildman–Crippen MR) is 115 cm³/mol. The van der Waals surface area contributed by atoms with Crippen LogP contribution in [0.5, 0.6) is 5.75 Å². The number of para-hydroxylation sites is 1. The van der Waals surface area contributed by atoms with Crippen molar-refractivity contribution in [2.45, 2.75) is 36.8 Å². The summed E-state index contributed by atoms with van der Waals surface area (Å²) < 4.78 is 30.3. The number of hydrogen-bond donors (Lipinski definition) is 1. The van der Waals surface area contributed by atoms with Crippen LogP contribution in [0.15, 0.2) is 53.7 Å². The maximum Gasteiger partial charge on any atom is 0.387 e. The molecule has 1 aromatic heterocycles. The van der Waals surface area contributed by atoms with Crippen molar-refractivity contribution in [2.24, 2.45) is 0 Å². The molecule has 0 fully saturated rings. The summed E-state index contributed by atoms with van der Waals surface area (Å²) >= 11 is 1.22.